The zero-order valence-corrected chi connectivity index (χ0v) is 12.7. The van der Waals surface area contributed by atoms with Crippen LogP contribution in [-0.2, 0) is 28.6 Å². The van der Waals surface area contributed by atoms with Crippen LogP contribution in [0.4, 0.5) is 0 Å². The van der Waals surface area contributed by atoms with Gasteiger partial charge in [-0.05, 0) is 33.6 Å². The summed E-state index contributed by atoms with van der Waals surface area (Å²) in [7, 11) is 0. The normalized spacial score (nSPS) is 28.0. The monoisotopic (exact) mass is 301 g/mol. The topological polar surface area (TPSA) is 105 Å². The van der Waals surface area contributed by atoms with Crippen LogP contribution in [0.1, 0.15) is 33.6 Å². The van der Waals surface area contributed by atoms with Crippen LogP contribution in [0.5, 0.6) is 0 Å². The lowest BCUT2D eigenvalue weighted by Gasteiger charge is -2.21. The van der Waals surface area contributed by atoms with Gasteiger partial charge < -0.3 is 19.9 Å². The molecule has 0 aromatic rings. The van der Waals surface area contributed by atoms with E-state index < -0.39 is 35.3 Å². The molecule has 3 atom stereocenters. The number of esters is 3. The van der Waals surface area contributed by atoms with Crippen molar-refractivity contribution in [3.05, 3.63) is 0 Å². The van der Waals surface area contributed by atoms with Gasteiger partial charge in [-0.2, -0.15) is 0 Å². The van der Waals surface area contributed by atoms with E-state index in [0.717, 1.165) is 0 Å². The maximum Gasteiger partial charge on any atom is 0.326 e. The van der Waals surface area contributed by atoms with Gasteiger partial charge in [0.15, 0.2) is 0 Å². The van der Waals surface area contributed by atoms with Gasteiger partial charge in [-0.3, -0.25) is 14.4 Å². The minimum atomic E-state index is -1.36. The number of carbonyl (C=O) groups excluding carboxylic acids is 3. The maximum absolute atomic E-state index is 12.0. The Kier molecular flexibility index (Phi) is 6.14. The Morgan fingerprint density at radius 2 is 1.29 bits per heavy atom. The molecule has 21 heavy (non-hydrogen) atoms. The molecule has 1 aliphatic carbocycles. The van der Waals surface area contributed by atoms with E-state index in [1.807, 2.05) is 0 Å². The smallest absolute Gasteiger partial charge is 0.326 e. The molecule has 1 aliphatic rings. The maximum atomic E-state index is 12.0. The molecule has 7 heteroatoms. The van der Waals surface area contributed by atoms with Crippen LogP contribution in [-0.4, -0.2) is 43.3 Å². The lowest BCUT2D eigenvalue weighted by Crippen LogP contribution is -2.47. The van der Waals surface area contributed by atoms with Crippen LogP contribution in [0, 0.1) is 11.8 Å². The molecule has 2 unspecified atom stereocenters. The van der Waals surface area contributed by atoms with Gasteiger partial charge in [-0.25, -0.2) is 0 Å². The Balaban J connectivity index is 2.95. The van der Waals surface area contributed by atoms with Crippen molar-refractivity contribution in [2.75, 3.05) is 19.8 Å². The number of rotatable bonds is 6. The molecule has 1 saturated carbocycles. The van der Waals surface area contributed by atoms with Gasteiger partial charge in [-0.1, -0.05) is 0 Å². The number of nitrogens with two attached hydrogens (primary N) is 1. The summed E-state index contributed by atoms with van der Waals surface area (Å²) in [4.78, 5) is 36.0. The largest absolute Gasteiger partial charge is 0.466 e. The molecule has 1 fully saturated rings. The van der Waals surface area contributed by atoms with Gasteiger partial charge in [0.05, 0.1) is 31.7 Å². The second-order valence-electron chi connectivity index (χ2n) is 5.00. The van der Waals surface area contributed by atoms with Gasteiger partial charge in [0.2, 0.25) is 0 Å². The molecule has 0 heterocycles. The van der Waals surface area contributed by atoms with Crippen LogP contribution < -0.4 is 5.73 Å². The van der Waals surface area contributed by atoms with E-state index in [2.05, 4.69) is 0 Å². The summed E-state index contributed by atoms with van der Waals surface area (Å²) >= 11 is 0. The van der Waals surface area contributed by atoms with Crippen molar-refractivity contribution in [1.29, 1.82) is 0 Å². The predicted octanol–water partition coefficient (Wildman–Crippen LogP) is 0.399. The highest BCUT2D eigenvalue weighted by Crippen LogP contribution is 2.40. The third-order valence-electron chi connectivity index (χ3n) is 3.51. The van der Waals surface area contributed by atoms with Crippen molar-refractivity contribution in [2.45, 2.75) is 39.2 Å². The molecule has 7 nitrogen and oxygen atoms in total. The number of hydrogen-bond acceptors (Lipinski definition) is 7. The molecule has 0 saturated heterocycles. The molecule has 0 radical (unpaired) electrons. The molecule has 0 aromatic carbocycles. The van der Waals surface area contributed by atoms with Crippen molar-refractivity contribution in [2.24, 2.45) is 17.6 Å². The Labute approximate surface area is 124 Å². The second-order valence-corrected chi connectivity index (χ2v) is 5.00. The van der Waals surface area contributed by atoms with Crippen molar-refractivity contribution < 1.29 is 28.6 Å². The fourth-order valence-corrected chi connectivity index (χ4v) is 2.59. The molecule has 120 valence electrons. The van der Waals surface area contributed by atoms with Crippen LogP contribution >= 0.6 is 0 Å². The highest BCUT2D eigenvalue weighted by molar-refractivity contribution is 5.88. The number of ether oxygens (including phenoxy) is 3. The summed E-state index contributed by atoms with van der Waals surface area (Å²) in [6.07, 6.45) is 0.0439. The van der Waals surface area contributed by atoms with Crippen molar-refractivity contribution in [1.82, 2.24) is 0 Å². The van der Waals surface area contributed by atoms with E-state index >= 15 is 0 Å². The first-order valence-corrected chi connectivity index (χ1v) is 7.19. The summed E-state index contributed by atoms with van der Waals surface area (Å²) < 4.78 is 14.9. The van der Waals surface area contributed by atoms with E-state index in [1.165, 1.54) is 0 Å². The van der Waals surface area contributed by atoms with Gasteiger partial charge >= 0.3 is 17.9 Å². The average molecular weight is 301 g/mol. The Morgan fingerprint density at radius 3 is 1.62 bits per heavy atom. The highest BCUT2D eigenvalue weighted by atomic mass is 16.5. The molecule has 2 N–H and O–H groups in total. The van der Waals surface area contributed by atoms with Gasteiger partial charge in [0.1, 0.15) is 5.54 Å². The molecule has 0 aliphatic heterocycles. The SMILES string of the molecule is CCOC(=O)C1CC(N)(C(=O)OCC)C[C@@H]1C(=O)OCC. The second kappa shape index (κ2) is 7.40. The highest BCUT2D eigenvalue weighted by Gasteiger charge is 2.54. The van der Waals surface area contributed by atoms with E-state index in [-0.39, 0.29) is 32.7 Å². The number of hydrogen-bond donors (Lipinski definition) is 1. The van der Waals surface area contributed by atoms with Crippen LogP contribution in [0.3, 0.4) is 0 Å². The standard InChI is InChI=1S/C14H23NO6/c1-4-19-11(16)9-7-14(15,13(18)21-6-3)8-10(9)12(17)20-5-2/h9-10H,4-8,15H2,1-3H3/t9-,10?,14?/m0/s1. The first kappa shape index (κ1) is 17.4. The fourth-order valence-electron chi connectivity index (χ4n) is 2.59. The van der Waals surface area contributed by atoms with Crippen molar-refractivity contribution >= 4 is 17.9 Å². The molecule has 0 bridgehead atoms. The van der Waals surface area contributed by atoms with Gasteiger partial charge in [0.25, 0.3) is 0 Å². The van der Waals surface area contributed by atoms with E-state index in [1.54, 1.807) is 20.8 Å². The average Bonchev–Trinajstić information content (AvgIpc) is 2.79. The third kappa shape index (κ3) is 3.93. The molecule has 0 spiro atoms. The van der Waals surface area contributed by atoms with Crippen molar-refractivity contribution in [3.63, 3.8) is 0 Å². The van der Waals surface area contributed by atoms with Crippen molar-refractivity contribution in [3.8, 4) is 0 Å². The van der Waals surface area contributed by atoms with Gasteiger partial charge in [-0.15, -0.1) is 0 Å². The summed E-state index contributed by atoms with van der Waals surface area (Å²) in [5.41, 5.74) is 4.69. The molecule has 0 amide bonds. The first-order chi connectivity index (χ1) is 9.89. The minimum Gasteiger partial charge on any atom is -0.466 e. The lowest BCUT2D eigenvalue weighted by atomic mass is 9.96. The molecular formula is C14H23NO6. The Bertz CT molecular complexity index is 382. The molecule has 0 aromatic heterocycles. The summed E-state index contributed by atoms with van der Waals surface area (Å²) in [5, 5.41) is 0. The predicted molar refractivity (Wildman–Crippen MR) is 73.0 cm³/mol. The minimum absolute atomic E-state index is 0.0220. The Hall–Kier alpha value is -1.63. The number of carbonyl (C=O) groups is 3. The van der Waals surface area contributed by atoms with E-state index in [9.17, 15) is 14.4 Å². The third-order valence-corrected chi connectivity index (χ3v) is 3.51. The zero-order chi connectivity index (χ0) is 16.0. The van der Waals surface area contributed by atoms with Gasteiger partial charge in [0, 0.05) is 0 Å². The summed E-state index contributed by atoms with van der Waals surface area (Å²) in [6.45, 7) is 5.60. The Morgan fingerprint density at radius 1 is 0.905 bits per heavy atom. The van der Waals surface area contributed by atoms with Crippen LogP contribution in [0.15, 0.2) is 0 Å². The summed E-state index contributed by atoms with van der Waals surface area (Å²) in [5.74, 6) is -3.23. The van der Waals surface area contributed by atoms with E-state index in [4.69, 9.17) is 19.9 Å². The van der Waals surface area contributed by atoms with E-state index in [0.29, 0.717) is 0 Å². The lowest BCUT2D eigenvalue weighted by molar-refractivity contribution is -0.158. The molecule has 1 rings (SSSR count). The zero-order valence-electron chi connectivity index (χ0n) is 12.7. The fraction of sp³-hybridized carbons (Fsp3) is 0.786. The molecular weight excluding hydrogens is 278 g/mol. The van der Waals surface area contributed by atoms with Crippen LogP contribution in [0.25, 0.3) is 0 Å². The quantitative estimate of drug-likeness (QED) is 0.559. The van der Waals surface area contributed by atoms with Crippen LogP contribution in [0.2, 0.25) is 0 Å². The summed E-state index contributed by atoms with van der Waals surface area (Å²) in [6, 6.07) is 0. The first-order valence-electron chi connectivity index (χ1n) is 7.19.